The zero-order valence-electron chi connectivity index (χ0n) is 17.0. The van der Waals surface area contributed by atoms with E-state index in [1.165, 1.54) is 0 Å². The predicted molar refractivity (Wildman–Crippen MR) is 112 cm³/mol. The summed E-state index contributed by atoms with van der Waals surface area (Å²) in [6, 6.07) is 16.6. The predicted octanol–water partition coefficient (Wildman–Crippen LogP) is 4.04. The maximum Gasteiger partial charge on any atom is 0.307 e. The van der Waals surface area contributed by atoms with Crippen LogP contribution in [0.15, 0.2) is 48.5 Å². The Morgan fingerprint density at radius 1 is 1.21 bits per heavy atom. The summed E-state index contributed by atoms with van der Waals surface area (Å²) in [6.45, 7) is 4.01. The van der Waals surface area contributed by atoms with Crippen molar-refractivity contribution in [3.8, 4) is 5.75 Å². The van der Waals surface area contributed by atoms with E-state index < -0.39 is 5.97 Å². The molecule has 3 rings (SSSR count). The summed E-state index contributed by atoms with van der Waals surface area (Å²) >= 11 is 0. The molecule has 0 aromatic heterocycles. The highest BCUT2D eigenvalue weighted by Crippen LogP contribution is 2.37. The van der Waals surface area contributed by atoms with Gasteiger partial charge in [-0.3, -0.25) is 9.69 Å². The van der Waals surface area contributed by atoms with Gasteiger partial charge in [0.15, 0.2) is 0 Å². The second kappa shape index (κ2) is 9.11. The number of ether oxygens (including phenoxy) is 1. The fourth-order valence-corrected chi connectivity index (χ4v) is 3.98. The van der Waals surface area contributed by atoms with Crippen molar-refractivity contribution in [2.45, 2.75) is 25.8 Å². The van der Waals surface area contributed by atoms with Crippen molar-refractivity contribution >= 4 is 11.7 Å². The number of rotatable bonds is 7. The first-order valence-electron chi connectivity index (χ1n) is 9.97. The number of anilines is 1. The highest BCUT2D eigenvalue weighted by atomic mass is 16.5. The van der Waals surface area contributed by atoms with Crippen LogP contribution in [0.3, 0.4) is 0 Å². The fraction of sp³-hybridized carbons (Fsp3) is 0.435. The van der Waals surface area contributed by atoms with Gasteiger partial charge in [0.1, 0.15) is 5.75 Å². The number of para-hydroxylation sites is 1. The first-order valence-corrected chi connectivity index (χ1v) is 9.97. The van der Waals surface area contributed by atoms with Crippen LogP contribution in [0.5, 0.6) is 5.75 Å². The highest BCUT2D eigenvalue weighted by Gasteiger charge is 2.32. The molecule has 0 aliphatic carbocycles. The van der Waals surface area contributed by atoms with Crippen LogP contribution in [0.25, 0.3) is 0 Å². The minimum absolute atomic E-state index is 0.0267. The molecule has 28 heavy (non-hydrogen) atoms. The smallest absolute Gasteiger partial charge is 0.307 e. The van der Waals surface area contributed by atoms with Crippen LogP contribution in [0.2, 0.25) is 0 Å². The number of hydrogen-bond acceptors (Lipinski definition) is 4. The molecule has 1 heterocycles. The Bertz CT molecular complexity index is 789. The van der Waals surface area contributed by atoms with Crippen molar-refractivity contribution < 1.29 is 14.6 Å². The van der Waals surface area contributed by atoms with Gasteiger partial charge in [-0.05, 0) is 50.1 Å². The maximum absolute atomic E-state index is 11.6. The standard InChI is InChI=1S/C23H30N2O3/c1-4-28-21-10-6-5-9-20(21)22(17-11-13-19(14-12-17)24(2)3)25-15-7-8-18(16-25)23(26)27/h5-6,9-14,18,22H,4,7-8,15-16H2,1-3H3,(H,26,27). The monoisotopic (exact) mass is 382 g/mol. The average Bonchev–Trinajstić information content (AvgIpc) is 2.70. The zero-order chi connectivity index (χ0) is 20.1. The van der Waals surface area contributed by atoms with Crippen molar-refractivity contribution in [2.24, 2.45) is 5.92 Å². The molecule has 1 N–H and O–H groups in total. The van der Waals surface area contributed by atoms with Gasteiger partial charge in [0, 0.05) is 31.9 Å². The van der Waals surface area contributed by atoms with E-state index in [9.17, 15) is 9.90 Å². The van der Waals surface area contributed by atoms with Gasteiger partial charge < -0.3 is 14.7 Å². The minimum atomic E-state index is -0.704. The Labute approximate surface area is 167 Å². The second-order valence-corrected chi connectivity index (χ2v) is 7.53. The third-order valence-corrected chi connectivity index (χ3v) is 5.41. The van der Waals surface area contributed by atoms with Gasteiger partial charge in [-0.15, -0.1) is 0 Å². The molecule has 2 unspecified atom stereocenters. The first-order chi connectivity index (χ1) is 13.5. The summed E-state index contributed by atoms with van der Waals surface area (Å²) < 4.78 is 5.92. The zero-order valence-corrected chi connectivity index (χ0v) is 17.0. The lowest BCUT2D eigenvalue weighted by Gasteiger charge is -2.38. The van der Waals surface area contributed by atoms with E-state index in [4.69, 9.17) is 4.74 Å². The van der Waals surface area contributed by atoms with Crippen molar-refractivity contribution in [3.63, 3.8) is 0 Å². The van der Waals surface area contributed by atoms with Gasteiger partial charge in [0.25, 0.3) is 0 Å². The lowest BCUT2D eigenvalue weighted by molar-refractivity contribution is -0.143. The molecule has 1 saturated heterocycles. The Hall–Kier alpha value is -2.53. The summed E-state index contributed by atoms with van der Waals surface area (Å²) in [7, 11) is 4.05. The second-order valence-electron chi connectivity index (χ2n) is 7.53. The van der Waals surface area contributed by atoms with Crippen LogP contribution < -0.4 is 9.64 Å². The van der Waals surface area contributed by atoms with E-state index in [1.807, 2.05) is 39.2 Å². The molecule has 0 spiro atoms. The number of benzene rings is 2. The largest absolute Gasteiger partial charge is 0.494 e. The molecule has 2 atom stereocenters. The number of nitrogens with zero attached hydrogens (tertiary/aromatic N) is 2. The number of carbonyl (C=O) groups is 1. The molecule has 1 aliphatic rings. The van der Waals surface area contributed by atoms with Crippen molar-refractivity contribution in [2.75, 3.05) is 38.7 Å². The molecule has 0 saturated carbocycles. The lowest BCUT2D eigenvalue weighted by Crippen LogP contribution is -2.41. The Kier molecular flexibility index (Phi) is 6.57. The minimum Gasteiger partial charge on any atom is -0.494 e. The van der Waals surface area contributed by atoms with Gasteiger partial charge in [0.05, 0.1) is 18.6 Å². The Morgan fingerprint density at radius 3 is 2.57 bits per heavy atom. The molecule has 5 heteroatoms. The van der Waals surface area contributed by atoms with E-state index in [0.29, 0.717) is 13.2 Å². The first kappa shape index (κ1) is 20.2. The van der Waals surface area contributed by atoms with E-state index in [2.05, 4.69) is 40.1 Å². The van der Waals surface area contributed by atoms with Crippen molar-refractivity contribution in [3.05, 3.63) is 59.7 Å². The van der Waals surface area contributed by atoms with E-state index in [-0.39, 0.29) is 12.0 Å². The third-order valence-electron chi connectivity index (χ3n) is 5.41. The number of hydrogen-bond donors (Lipinski definition) is 1. The number of carboxylic acid groups (broad SMARTS) is 1. The molecule has 5 nitrogen and oxygen atoms in total. The quantitative estimate of drug-likeness (QED) is 0.783. The van der Waals surface area contributed by atoms with Crippen LogP contribution in [-0.2, 0) is 4.79 Å². The SMILES string of the molecule is CCOc1ccccc1C(c1ccc(N(C)C)cc1)N1CCCC(C(=O)O)C1. The normalized spacial score (nSPS) is 18.5. The summed E-state index contributed by atoms with van der Waals surface area (Å²) in [5, 5.41) is 9.56. The van der Waals surface area contributed by atoms with Crippen LogP contribution in [0, 0.1) is 5.92 Å². The lowest BCUT2D eigenvalue weighted by atomic mass is 9.91. The van der Waals surface area contributed by atoms with Gasteiger partial charge >= 0.3 is 5.97 Å². The number of aliphatic carboxylic acids is 1. The molecule has 2 aromatic rings. The van der Waals surface area contributed by atoms with Crippen LogP contribution in [0.4, 0.5) is 5.69 Å². The summed E-state index contributed by atoms with van der Waals surface area (Å²) in [6.07, 6.45) is 1.63. The summed E-state index contributed by atoms with van der Waals surface area (Å²) in [5.41, 5.74) is 3.39. The van der Waals surface area contributed by atoms with Crippen molar-refractivity contribution in [1.82, 2.24) is 4.90 Å². The summed E-state index contributed by atoms with van der Waals surface area (Å²) in [4.78, 5) is 16.0. The van der Waals surface area contributed by atoms with Gasteiger partial charge in [-0.25, -0.2) is 0 Å². The number of likely N-dealkylation sites (tertiary alicyclic amines) is 1. The molecule has 1 fully saturated rings. The Balaban J connectivity index is 2.02. The topological polar surface area (TPSA) is 53.0 Å². The molecular weight excluding hydrogens is 352 g/mol. The molecule has 2 aromatic carbocycles. The molecule has 0 radical (unpaired) electrons. The van der Waals surface area contributed by atoms with E-state index >= 15 is 0 Å². The molecule has 0 amide bonds. The molecule has 1 aliphatic heterocycles. The molecule has 150 valence electrons. The highest BCUT2D eigenvalue weighted by molar-refractivity contribution is 5.70. The number of carboxylic acids is 1. The Morgan fingerprint density at radius 2 is 1.93 bits per heavy atom. The molecular formula is C23H30N2O3. The third kappa shape index (κ3) is 4.47. The van der Waals surface area contributed by atoms with Crippen LogP contribution >= 0.6 is 0 Å². The molecule has 0 bridgehead atoms. The van der Waals surface area contributed by atoms with Gasteiger partial charge in [-0.2, -0.15) is 0 Å². The van der Waals surface area contributed by atoms with E-state index in [0.717, 1.165) is 42.0 Å². The van der Waals surface area contributed by atoms with Crippen LogP contribution in [0.1, 0.15) is 36.9 Å². The maximum atomic E-state index is 11.6. The summed E-state index contributed by atoms with van der Waals surface area (Å²) in [5.74, 6) is -0.162. The average molecular weight is 383 g/mol. The van der Waals surface area contributed by atoms with Crippen LogP contribution in [-0.4, -0.2) is 49.8 Å². The number of piperidine rings is 1. The van der Waals surface area contributed by atoms with Gasteiger partial charge in [0.2, 0.25) is 0 Å². The fourth-order valence-electron chi connectivity index (χ4n) is 3.98. The van der Waals surface area contributed by atoms with E-state index in [1.54, 1.807) is 0 Å². The van der Waals surface area contributed by atoms with Crippen molar-refractivity contribution in [1.29, 1.82) is 0 Å². The van der Waals surface area contributed by atoms with Gasteiger partial charge in [-0.1, -0.05) is 30.3 Å².